The lowest BCUT2D eigenvalue weighted by atomic mass is 10.1. The van der Waals surface area contributed by atoms with Crippen molar-refractivity contribution < 1.29 is 9.50 Å². The maximum atomic E-state index is 14.0. The van der Waals surface area contributed by atoms with E-state index >= 15 is 0 Å². The fourth-order valence-corrected chi connectivity index (χ4v) is 2.28. The van der Waals surface area contributed by atoms with Gasteiger partial charge in [-0.3, -0.25) is 4.90 Å². The Balaban J connectivity index is 2.76. The van der Waals surface area contributed by atoms with Crippen LogP contribution in [0.2, 0.25) is 0 Å². The van der Waals surface area contributed by atoms with Crippen LogP contribution >= 0.6 is 0 Å². The van der Waals surface area contributed by atoms with Crippen molar-refractivity contribution in [3.8, 4) is 11.8 Å². The van der Waals surface area contributed by atoms with Gasteiger partial charge in [-0.2, -0.15) is 0 Å². The minimum absolute atomic E-state index is 0.0355. The third-order valence-electron chi connectivity index (χ3n) is 3.51. The van der Waals surface area contributed by atoms with Crippen molar-refractivity contribution in [1.82, 2.24) is 4.90 Å². The molecule has 0 aliphatic heterocycles. The summed E-state index contributed by atoms with van der Waals surface area (Å²) in [6.45, 7) is 4.96. The van der Waals surface area contributed by atoms with Crippen LogP contribution in [0.25, 0.3) is 0 Å². The van der Waals surface area contributed by atoms with Crippen LogP contribution < -0.4 is 0 Å². The molecule has 0 aromatic heterocycles. The van der Waals surface area contributed by atoms with Gasteiger partial charge in [0.25, 0.3) is 0 Å². The van der Waals surface area contributed by atoms with Gasteiger partial charge in [-0.15, -0.1) is 0 Å². The average molecular weight is 277 g/mol. The topological polar surface area (TPSA) is 23.5 Å². The van der Waals surface area contributed by atoms with E-state index in [-0.39, 0.29) is 12.4 Å². The van der Waals surface area contributed by atoms with Gasteiger partial charge in [-0.25, -0.2) is 4.39 Å². The lowest BCUT2D eigenvalue weighted by Crippen LogP contribution is -2.30. The van der Waals surface area contributed by atoms with E-state index in [4.69, 9.17) is 5.11 Å². The molecule has 0 spiro atoms. The molecule has 1 rings (SSSR count). The first kappa shape index (κ1) is 16.7. The van der Waals surface area contributed by atoms with Gasteiger partial charge in [0.1, 0.15) is 5.82 Å². The second-order valence-electron chi connectivity index (χ2n) is 4.97. The number of nitrogens with zero attached hydrogens (tertiary/aromatic N) is 1. The van der Waals surface area contributed by atoms with Crippen LogP contribution in [0.5, 0.6) is 0 Å². The lowest BCUT2D eigenvalue weighted by molar-refractivity contribution is 0.219. The fraction of sp³-hybridized carbons (Fsp3) is 0.529. The number of benzene rings is 1. The van der Waals surface area contributed by atoms with Crippen molar-refractivity contribution in [2.45, 2.75) is 45.7 Å². The van der Waals surface area contributed by atoms with Crippen molar-refractivity contribution in [2.75, 3.05) is 13.7 Å². The molecule has 3 heteroatoms. The van der Waals surface area contributed by atoms with Crippen molar-refractivity contribution in [3.63, 3.8) is 0 Å². The average Bonchev–Trinajstić information content (AvgIpc) is 2.43. The van der Waals surface area contributed by atoms with Gasteiger partial charge >= 0.3 is 0 Å². The van der Waals surface area contributed by atoms with Crippen LogP contribution in [0.1, 0.15) is 44.2 Å². The summed E-state index contributed by atoms with van der Waals surface area (Å²) in [6.07, 6.45) is 2.56. The van der Waals surface area contributed by atoms with E-state index in [1.807, 2.05) is 13.1 Å². The second kappa shape index (κ2) is 8.73. The normalized spacial score (nSPS) is 10.8. The highest BCUT2D eigenvalue weighted by molar-refractivity contribution is 5.37. The largest absolute Gasteiger partial charge is 0.395 e. The molecule has 0 fully saturated rings. The van der Waals surface area contributed by atoms with E-state index in [9.17, 15) is 4.39 Å². The summed E-state index contributed by atoms with van der Waals surface area (Å²) in [5.74, 6) is 5.44. The van der Waals surface area contributed by atoms with Crippen LogP contribution in [-0.4, -0.2) is 29.7 Å². The minimum atomic E-state index is -0.210. The summed E-state index contributed by atoms with van der Waals surface area (Å²) in [4.78, 5) is 2.19. The van der Waals surface area contributed by atoms with Crippen molar-refractivity contribution in [2.24, 2.45) is 0 Å². The van der Waals surface area contributed by atoms with Crippen LogP contribution in [0.3, 0.4) is 0 Å². The lowest BCUT2D eigenvalue weighted by Gasteiger charge is -2.26. The van der Waals surface area contributed by atoms with Crippen LogP contribution in [-0.2, 0) is 6.54 Å². The molecule has 0 unspecified atom stereocenters. The van der Waals surface area contributed by atoms with Gasteiger partial charge < -0.3 is 5.11 Å². The van der Waals surface area contributed by atoms with Crippen molar-refractivity contribution >= 4 is 0 Å². The Morgan fingerprint density at radius 1 is 1.30 bits per heavy atom. The summed E-state index contributed by atoms with van der Waals surface area (Å²) < 4.78 is 14.0. The molecule has 1 aromatic rings. The Morgan fingerprint density at radius 3 is 2.55 bits per heavy atom. The summed E-state index contributed by atoms with van der Waals surface area (Å²) in [7, 11) is 2.03. The second-order valence-corrected chi connectivity index (χ2v) is 4.97. The van der Waals surface area contributed by atoms with Crippen LogP contribution in [0.15, 0.2) is 18.2 Å². The van der Waals surface area contributed by atoms with Gasteiger partial charge in [-0.1, -0.05) is 31.8 Å². The first-order valence-electron chi connectivity index (χ1n) is 7.20. The molecular formula is C17H24FNO. The molecule has 0 saturated carbocycles. The Morgan fingerprint density at radius 2 is 2.00 bits per heavy atom. The molecular weight excluding hydrogens is 253 g/mol. The monoisotopic (exact) mass is 277 g/mol. The summed E-state index contributed by atoms with van der Waals surface area (Å²) in [5, 5.41) is 8.66. The summed E-state index contributed by atoms with van der Waals surface area (Å²) in [5.41, 5.74) is 1.36. The molecule has 2 nitrogen and oxygen atoms in total. The number of aliphatic hydroxyl groups is 1. The fourth-order valence-electron chi connectivity index (χ4n) is 2.28. The molecule has 0 bridgehead atoms. The molecule has 110 valence electrons. The zero-order valence-electron chi connectivity index (χ0n) is 12.6. The number of aliphatic hydroxyl groups excluding tert-OH is 1. The maximum absolute atomic E-state index is 14.0. The quantitative estimate of drug-likeness (QED) is 0.807. The maximum Gasteiger partial charge on any atom is 0.128 e. The van der Waals surface area contributed by atoms with Gasteiger partial charge in [0.05, 0.1) is 6.61 Å². The molecule has 0 amide bonds. The van der Waals surface area contributed by atoms with E-state index in [1.54, 1.807) is 6.07 Å². The van der Waals surface area contributed by atoms with Crippen LogP contribution in [0, 0.1) is 17.7 Å². The van der Waals surface area contributed by atoms with Crippen LogP contribution in [0.4, 0.5) is 4.39 Å². The standard InChI is InChI=1S/C17H24FNO/c1-4-16(5-2)19(3)13-15-10-9-14(12-17(15)18)8-6-7-11-20/h9-10,12,16,20H,4-5,7,11,13H2,1-3H3. The number of halogens is 1. The molecule has 0 aliphatic rings. The molecule has 0 heterocycles. The predicted octanol–water partition coefficient (Wildman–Crippen LogP) is 3.18. The third kappa shape index (κ3) is 4.96. The third-order valence-corrected chi connectivity index (χ3v) is 3.51. The number of hydrogen-bond donors (Lipinski definition) is 1. The summed E-state index contributed by atoms with van der Waals surface area (Å²) >= 11 is 0. The minimum Gasteiger partial charge on any atom is -0.395 e. The first-order chi connectivity index (χ1) is 9.62. The smallest absolute Gasteiger partial charge is 0.128 e. The Kier molecular flexibility index (Phi) is 7.28. The SMILES string of the molecule is CCC(CC)N(C)Cc1ccc(C#CCCO)cc1F. The zero-order chi connectivity index (χ0) is 15.0. The predicted molar refractivity (Wildman–Crippen MR) is 80.8 cm³/mol. The molecule has 1 N–H and O–H groups in total. The van der Waals surface area contributed by atoms with E-state index < -0.39 is 0 Å². The highest BCUT2D eigenvalue weighted by Gasteiger charge is 2.12. The van der Waals surface area contributed by atoms with Gasteiger partial charge in [0, 0.05) is 30.1 Å². The van der Waals surface area contributed by atoms with Gasteiger partial charge in [-0.05, 0) is 32.0 Å². The van der Waals surface area contributed by atoms with Gasteiger partial charge in [0.2, 0.25) is 0 Å². The Labute approximate surface area is 121 Å². The zero-order valence-corrected chi connectivity index (χ0v) is 12.6. The molecule has 1 aromatic carbocycles. The molecule has 0 atom stereocenters. The Bertz CT molecular complexity index is 472. The van der Waals surface area contributed by atoms with Gasteiger partial charge in [0.15, 0.2) is 0 Å². The first-order valence-corrected chi connectivity index (χ1v) is 7.20. The number of rotatable bonds is 6. The number of hydrogen-bond acceptors (Lipinski definition) is 2. The van der Waals surface area contributed by atoms with E-state index in [2.05, 4.69) is 30.6 Å². The van der Waals surface area contributed by atoms with Crippen molar-refractivity contribution in [1.29, 1.82) is 0 Å². The highest BCUT2D eigenvalue weighted by atomic mass is 19.1. The molecule has 0 radical (unpaired) electrons. The van der Waals surface area contributed by atoms with E-state index in [0.717, 1.165) is 12.8 Å². The molecule has 0 saturated heterocycles. The van der Waals surface area contributed by atoms with E-state index in [1.165, 1.54) is 6.07 Å². The Hall–Kier alpha value is -1.37. The highest BCUT2D eigenvalue weighted by Crippen LogP contribution is 2.15. The summed E-state index contributed by atoms with van der Waals surface area (Å²) in [6, 6.07) is 5.60. The molecule has 20 heavy (non-hydrogen) atoms. The van der Waals surface area contributed by atoms with E-state index in [0.29, 0.717) is 30.1 Å². The van der Waals surface area contributed by atoms with Crippen molar-refractivity contribution in [3.05, 3.63) is 35.1 Å². The molecule has 0 aliphatic carbocycles.